The predicted octanol–water partition coefficient (Wildman–Crippen LogP) is 1.66. The second kappa shape index (κ2) is 8.52. The van der Waals surface area contributed by atoms with E-state index in [-0.39, 0.29) is 17.8 Å². The highest BCUT2D eigenvalue weighted by atomic mass is 32.1. The molecule has 0 bridgehead atoms. The largest absolute Gasteiger partial charge is 0.479 e. The molecule has 26 heavy (non-hydrogen) atoms. The molecule has 0 unspecified atom stereocenters. The predicted molar refractivity (Wildman–Crippen MR) is 97.9 cm³/mol. The Morgan fingerprint density at radius 1 is 1.54 bits per heavy atom. The van der Waals surface area contributed by atoms with Crippen molar-refractivity contribution >= 4 is 22.4 Å². The lowest BCUT2D eigenvalue weighted by atomic mass is 10.0. The Bertz CT molecular complexity index is 769. The minimum atomic E-state index is -0.392. The fraction of sp³-hybridized carbons (Fsp3) is 0.471. The van der Waals surface area contributed by atoms with Gasteiger partial charge in [-0.1, -0.05) is 0 Å². The number of hydrogen-bond donors (Lipinski definition) is 2. The number of methoxy groups -OCH3 is 1. The van der Waals surface area contributed by atoms with Gasteiger partial charge < -0.3 is 15.4 Å². The summed E-state index contributed by atoms with van der Waals surface area (Å²) in [6, 6.07) is 1.84. The van der Waals surface area contributed by atoms with E-state index in [0.29, 0.717) is 17.1 Å². The zero-order valence-corrected chi connectivity index (χ0v) is 15.6. The number of carbonyl (C=O) groups is 1. The monoisotopic (exact) mass is 379 g/mol. The van der Waals surface area contributed by atoms with Crippen molar-refractivity contribution in [3.63, 3.8) is 0 Å². The van der Waals surface area contributed by atoms with Crippen LogP contribution in [0.2, 0.25) is 0 Å². The number of hydrogen-bond acceptors (Lipinski definition) is 7. The molecule has 0 aromatic carbocycles. The molecule has 0 spiro atoms. The van der Waals surface area contributed by atoms with Gasteiger partial charge in [0.2, 0.25) is 11.8 Å². The highest BCUT2D eigenvalue weighted by Crippen LogP contribution is 2.22. The van der Waals surface area contributed by atoms with Crippen LogP contribution >= 0.6 is 11.3 Å². The van der Waals surface area contributed by atoms with Crippen LogP contribution in [-0.2, 0) is 17.8 Å². The van der Waals surface area contributed by atoms with Gasteiger partial charge in [0.15, 0.2) is 10.9 Å². The molecule has 3 rings (SSSR count). The lowest BCUT2D eigenvalue weighted by Gasteiger charge is -2.33. The number of nitrogens with zero attached hydrogens (tertiary/aromatic N) is 3. The molecule has 140 valence electrons. The van der Waals surface area contributed by atoms with E-state index in [1.165, 1.54) is 25.4 Å². The molecule has 0 saturated carbocycles. The van der Waals surface area contributed by atoms with Crippen molar-refractivity contribution in [1.82, 2.24) is 20.2 Å². The normalized spacial score (nSPS) is 17.9. The number of carbonyl (C=O) groups excluding carboxylic acids is 1. The molecular formula is C17H22FN5O2S. The van der Waals surface area contributed by atoms with Crippen molar-refractivity contribution in [3.05, 3.63) is 34.7 Å². The third-order valence-electron chi connectivity index (χ3n) is 4.15. The number of anilines is 1. The minimum absolute atomic E-state index is 0.0327. The molecule has 2 aromatic heterocycles. The number of amides is 1. The SMILES string of the molecule is COc1nccc(C[C@H]2CN(Cc3cnc(NC(C)=O)s3)CCN2)c1F. The molecule has 0 radical (unpaired) electrons. The molecule has 1 atom stereocenters. The molecule has 1 aliphatic heterocycles. The van der Waals surface area contributed by atoms with Crippen molar-refractivity contribution in [3.8, 4) is 5.88 Å². The summed E-state index contributed by atoms with van der Waals surface area (Å²) in [5.74, 6) is -0.482. The number of pyridine rings is 1. The van der Waals surface area contributed by atoms with Crippen molar-refractivity contribution < 1.29 is 13.9 Å². The van der Waals surface area contributed by atoms with Gasteiger partial charge in [0, 0.05) is 56.4 Å². The van der Waals surface area contributed by atoms with Crippen LogP contribution < -0.4 is 15.4 Å². The standard InChI is InChI=1S/C17H22FN5O2S/c1-11(24)22-17-21-8-14(26-17)10-23-6-5-19-13(9-23)7-12-3-4-20-16(25-2)15(12)18/h3-4,8,13,19H,5-7,9-10H2,1-2H3,(H,21,22,24)/t13-/m0/s1. The van der Waals surface area contributed by atoms with Gasteiger partial charge in [-0.05, 0) is 18.1 Å². The van der Waals surface area contributed by atoms with E-state index in [1.807, 2.05) is 0 Å². The second-order valence-corrected chi connectivity index (χ2v) is 7.31. The lowest BCUT2D eigenvalue weighted by Crippen LogP contribution is -2.51. The van der Waals surface area contributed by atoms with Crippen LogP contribution in [0.1, 0.15) is 17.4 Å². The quantitative estimate of drug-likeness (QED) is 0.795. The summed E-state index contributed by atoms with van der Waals surface area (Å²) >= 11 is 1.48. The maximum absolute atomic E-state index is 14.3. The van der Waals surface area contributed by atoms with E-state index in [1.54, 1.807) is 18.5 Å². The number of thiazole rings is 1. The van der Waals surface area contributed by atoms with E-state index < -0.39 is 5.82 Å². The van der Waals surface area contributed by atoms with Gasteiger partial charge in [0.05, 0.1) is 7.11 Å². The van der Waals surface area contributed by atoms with Crippen LogP contribution in [0.5, 0.6) is 5.88 Å². The maximum atomic E-state index is 14.3. The second-order valence-electron chi connectivity index (χ2n) is 6.20. The highest BCUT2D eigenvalue weighted by molar-refractivity contribution is 7.15. The summed E-state index contributed by atoms with van der Waals surface area (Å²) in [6.07, 6.45) is 3.93. The van der Waals surface area contributed by atoms with E-state index >= 15 is 0 Å². The number of halogens is 1. The van der Waals surface area contributed by atoms with Crippen LogP contribution in [0.3, 0.4) is 0 Å². The number of ether oxygens (including phenoxy) is 1. The van der Waals surface area contributed by atoms with Crippen LogP contribution in [0.25, 0.3) is 0 Å². The zero-order chi connectivity index (χ0) is 18.5. The maximum Gasteiger partial charge on any atom is 0.250 e. The van der Waals surface area contributed by atoms with Gasteiger partial charge in [-0.15, -0.1) is 11.3 Å². The van der Waals surface area contributed by atoms with Crippen molar-refractivity contribution in [2.24, 2.45) is 0 Å². The van der Waals surface area contributed by atoms with Gasteiger partial charge in [0.25, 0.3) is 0 Å². The Morgan fingerprint density at radius 2 is 2.38 bits per heavy atom. The minimum Gasteiger partial charge on any atom is -0.479 e. The molecule has 1 saturated heterocycles. The number of rotatable bonds is 6. The van der Waals surface area contributed by atoms with Crippen molar-refractivity contribution in [2.45, 2.75) is 25.9 Å². The first kappa shape index (κ1) is 18.7. The molecule has 1 amide bonds. The van der Waals surface area contributed by atoms with E-state index in [2.05, 4.69) is 25.5 Å². The van der Waals surface area contributed by atoms with Crippen LogP contribution in [0.4, 0.5) is 9.52 Å². The Kier molecular flexibility index (Phi) is 6.12. The first-order valence-corrected chi connectivity index (χ1v) is 9.22. The Morgan fingerprint density at radius 3 is 3.15 bits per heavy atom. The molecule has 3 heterocycles. The Balaban J connectivity index is 1.59. The molecule has 2 aromatic rings. The Labute approximate surface area is 155 Å². The summed E-state index contributed by atoms with van der Waals surface area (Å²) in [5, 5.41) is 6.76. The van der Waals surface area contributed by atoms with Gasteiger partial charge in [-0.25, -0.2) is 14.4 Å². The highest BCUT2D eigenvalue weighted by Gasteiger charge is 2.22. The number of nitrogens with one attached hydrogen (secondary N) is 2. The van der Waals surface area contributed by atoms with Crippen LogP contribution in [-0.4, -0.2) is 53.6 Å². The average Bonchev–Trinajstić information content (AvgIpc) is 3.03. The first-order valence-electron chi connectivity index (χ1n) is 8.40. The summed E-state index contributed by atoms with van der Waals surface area (Å²) in [4.78, 5) is 22.6. The van der Waals surface area contributed by atoms with Gasteiger partial charge in [-0.2, -0.15) is 0 Å². The smallest absolute Gasteiger partial charge is 0.250 e. The zero-order valence-electron chi connectivity index (χ0n) is 14.8. The molecule has 9 heteroatoms. The van der Waals surface area contributed by atoms with Crippen LogP contribution in [0, 0.1) is 5.82 Å². The van der Waals surface area contributed by atoms with Crippen LogP contribution in [0.15, 0.2) is 18.5 Å². The number of piperazine rings is 1. The summed E-state index contributed by atoms with van der Waals surface area (Å²) in [5.41, 5.74) is 0.599. The lowest BCUT2D eigenvalue weighted by molar-refractivity contribution is -0.114. The van der Waals surface area contributed by atoms with Gasteiger partial charge in [0.1, 0.15) is 0 Å². The number of aromatic nitrogens is 2. The molecule has 7 nitrogen and oxygen atoms in total. The van der Waals surface area contributed by atoms with Gasteiger partial charge in [-0.3, -0.25) is 9.69 Å². The Hall–Kier alpha value is -2.10. The van der Waals surface area contributed by atoms with Crippen molar-refractivity contribution in [1.29, 1.82) is 0 Å². The fourth-order valence-corrected chi connectivity index (χ4v) is 3.91. The van der Waals surface area contributed by atoms with E-state index in [4.69, 9.17) is 4.74 Å². The third-order valence-corrected chi connectivity index (χ3v) is 5.05. The summed E-state index contributed by atoms with van der Waals surface area (Å²) in [6.45, 7) is 4.78. The topological polar surface area (TPSA) is 79.4 Å². The van der Waals surface area contributed by atoms with Crippen molar-refractivity contribution in [2.75, 3.05) is 32.1 Å². The summed E-state index contributed by atoms with van der Waals surface area (Å²) < 4.78 is 19.3. The molecule has 1 fully saturated rings. The van der Waals surface area contributed by atoms with E-state index in [0.717, 1.165) is 31.1 Å². The average molecular weight is 379 g/mol. The third kappa shape index (κ3) is 4.75. The molecule has 0 aliphatic carbocycles. The molecular weight excluding hydrogens is 357 g/mol. The molecule has 2 N–H and O–H groups in total. The summed E-state index contributed by atoms with van der Waals surface area (Å²) in [7, 11) is 1.42. The van der Waals surface area contributed by atoms with Gasteiger partial charge >= 0.3 is 0 Å². The van der Waals surface area contributed by atoms with E-state index in [9.17, 15) is 9.18 Å². The first-order chi connectivity index (χ1) is 12.5. The molecule has 1 aliphatic rings. The fourth-order valence-electron chi connectivity index (χ4n) is 3.01.